The van der Waals surface area contributed by atoms with Crippen molar-refractivity contribution in [3.8, 4) is 5.75 Å². The normalized spacial score (nSPS) is 15.4. The van der Waals surface area contributed by atoms with E-state index in [0.29, 0.717) is 32.1 Å². The van der Waals surface area contributed by atoms with Crippen molar-refractivity contribution in [1.29, 1.82) is 0 Å². The zero-order chi connectivity index (χ0) is 13.8. The summed E-state index contributed by atoms with van der Waals surface area (Å²) in [6.45, 7) is 1.60. The molecule has 1 saturated heterocycles. The third kappa shape index (κ3) is 3.45. The van der Waals surface area contributed by atoms with Gasteiger partial charge in [0.1, 0.15) is 5.82 Å². The molecule has 1 aromatic heterocycles. The number of hydrogen-bond acceptors (Lipinski definition) is 5. The predicted octanol–water partition coefficient (Wildman–Crippen LogP) is 1.17. The van der Waals surface area contributed by atoms with E-state index in [4.69, 9.17) is 26.2 Å². The zero-order valence-corrected chi connectivity index (χ0v) is 10.7. The molecule has 1 aliphatic rings. The lowest BCUT2D eigenvalue weighted by molar-refractivity contribution is -0.139. The number of anilines is 1. The van der Waals surface area contributed by atoms with Gasteiger partial charge in [0.15, 0.2) is 23.3 Å². The van der Waals surface area contributed by atoms with Crippen molar-refractivity contribution in [3.63, 3.8) is 0 Å². The first-order valence-electron chi connectivity index (χ1n) is 5.61. The van der Waals surface area contributed by atoms with E-state index in [-0.39, 0.29) is 10.9 Å². The molecule has 1 aliphatic heterocycles. The lowest BCUT2D eigenvalue weighted by atomic mass is 10.3. The predicted molar refractivity (Wildman–Crippen MR) is 65.4 cm³/mol. The number of carboxylic acid groups (broad SMARTS) is 1. The van der Waals surface area contributed by atoms with Crippen LogP contribution in [0.4, 0.5) is 10.2 Å². The molecule has 0 saturated carbocycles. The second-order valence-corrected chi connectivity index (χ2v) is 4.22. The maximum Gasteiger partial charge on any atom is 0.341 e. The first kappa shape index (κ1) is 13.8. The molecule has 1 aromatic rings. The molecule has 0 atom stereocenters. The summed E-state index contributed by atoms with van der Waals surface area (Å²) in [5.41, 5.74) is 0. The Morgan fingerprint density at radius 1 is 1.58 bits per heavy atom. The van der Waals surface area contributed by atoms with Crippen LogP contribution in [0, 0.1) is 5.82 Å². The van der Waals surface area contributed by atoms with E-state index in [1.54, 1.807) is 0 Å². The highest BCUT2D eigenvalue weighted by atomic mass is 35.5. The first-order chi connectivity index (χ1) is 9.08. The number of pyridine rings is 1. The summed E-state index contributed by atoms with van der Waals surface area (Å²) in [4.78, 5) is 16.2. The molecule has 0 radical (unpaired) electrons. The summed E-state index contributed by atoms with van der Waals surface area (Å²) in [5, 5.41) is 8.29. The molecular weight excluding hydrogens is 279 g/mol. The van der Waals surface area contributed by atoms with Gasteiger partial charge < -0.3 is 19.5 Å². The molecule has 2 rings (SSSR count). The first-order valence-corrected chi connectivity index (χ1v) is 5.99. The number of hydrogen-bond donors (Lipinski definition) is 1. The standard InChI is InChI=1S/C11H12ClFN2O4/c12-11-10(19-6-9(16)17)7(13)5-8(14-11)15-1-3-18-4-2-15/h5H,1-4,6H2,(H,16,17). The van der Waals surface area contributed by atoms with Crippen molar-refractivity contribution < 1.29 is 23.8 Å². The Morgan fingerprint density at radius 2 is 2.26 bits per heavy atom. The maximum atomic E-state index is 13.8. The smallest absolute Gasteiger partial charge is 0.341 e. The number of carboxylic acids is 1. The van der Waals surface area contributed by atoms with E-state index >= 15 is 0 Å². The molecule has 1 fully saturated rings. The Bertz CT molecular complexity index is 457. The van der Waals surface area contributed by atoms with E-state index in [1.807, 2.05) is 4.90 Å². The topological polar surface area (TPSA) is 71.9 Å². The highest BCUT2D eigenvalue weighted by Gasteiger charge is 2.19. The van der Waals surface area contributed by atoms with Crippen LogP contribution in [0.5, 0.6) is 5.75 Å². The van der Waals surface area contributed by atoms with Gasteiger partial charge in [-0.3, -0.25) is 0 Å². The zero-order valence-electron chi connectivity index (χ0n) is 9.94. The van der Waals surface area contributed by atoms with Crippen molar-refractivity contribution >= 4 is 23.4 Å². The van der Waals surface area contributed by atoms with Crippen molar-refractivity contribution in [2.45, 2.75) is 0 Å². The third-order valence-electron chi connectivity index (χ3n) is 2.55. The number of ether oxygens (including phenoxy) is 2. The summed E-state index contributed by atoms with van der Waals surface area (Å²) < 4.78 is 23.8. The second-order valence-electron chi connectivity index (χ2n) is 3.86. The average molecular weight is 291 g/mol. The van der Waals surface area contributed by atoms with Gasteiger partial charge in [-0.2, -0.15) is 0 Å². The van der Waals surface area contributed by atoms with E-state index in [0.717, 1.165) is 0 Å². The summed E-state index contributed by atoms with van der Waals surface area (Å²) >= 11 is 5.81. The van der Waals surface area contributed by atoms with Crippen molar-refractivity contribution in [2.24, 2.45) is 0 Å². The highest BCUT2D eigenvalue weighted by molar-refractivity contribution is 6.31. The number of aromatic nitrogens is 1. The lowest BCUT2D eigenvalue weighted by Gasteiger charge is -2.28. The molecule has 0 bridgehead atoms. The van der Waals surface area contributed by atoms with Gasteiger partial charge in [-0.25, -0.2) is 14.2 Å². The van der Waals surface area contributed by atoms with Crippen LogP contribution in [0.1, 0.15) is 0 Å². The molecule has 1 N–H and O–H groups in total. The molecule has 0 spiro atoms. The third-order valence-corrected chi connectivity index (χ3v) is 2.80. The maximum absolute atomic E-state index is 13.8. The van der Waals surface area contributed by atoms with Gasteiger partial charge in [-0.1, -0.05) is 11.6 Å². The van der Waals surface area contributed by atoms with Crippen LogP contribution in [0.2, 0.25) is 5.15 Å². The van der Waals surface area contributed by atoms with Gasteiger partial charge in [-0.05, 0) is 0 Å². The lowest BCUT2D eigenvalue weighted by Crippen LogP contribution is -2.36. The van der Waals surface area contributed by atoms with E-state index in [9.17, 15) is 9.18 Å². The highest BCUT2D eigenvalue weighted by Crippen LogP contribution is 2.29. The van der Waals surface area contributed by atoms with Gasteiger partial charge in [0, 0.05) is 19.2 Å². The summed E-state index contributed by atoms with van der Waals surface area (Å²) in [5.74, 6) is -1.91. The van der Waals surface area contributed by atoms with Crippen LogP contribution in [0.3, 0.4) is 0 Å². The minimum Gasteiger partial charge on any atom is -0.479 e. The molecule has 0 amide bonds. The van der Waals surface area contributed by atoms with E-state index < -0.39 is 18.4 Å². The molecular formula is C11H12ClFN2O4. The Hall–Kier alpha value is -1.60. The SMILES string of the molecule is O=C(O)COc1c(F)cc(N2CCOCC2)nc1Cl. The van der Waals surface area contributed by atoms with Crippen molar-refractivity contribution in [2.75, 3.05) is 37.8 Å². The fraction of sp³-hybridized carbons (Fsp3) is 0.455. The number of carbonyl (C=O) groups is 1. The second kappa shape index (κ2) is 6.03. The Morgan fingerprint density at radius 3 is 2.84 bits per heavy atom. The van der Waals surface area contributed by atoms with Crippen LogP contribution in [0.25, 0.3) is 0 Å². The van der Waals surface area contributed by atoms with Gasteiger partial charge in [0.05, 0.1) is 13.2 Å². The van der Waals surface area contributed by atoms with Crippen molar-refractivity contribution in [3.05, 3.63) is 17.0 Å². The Labute approximate surface area is 113 Å². The van der Waals surface area contributed by atoms with Gasteiger partial charge in [-0.15, -0.1) is 0 Å². The van der Waals surface area contributed by atoms with Crippen LogP contribution in [-0.2, 0) is 9.53 Å². The molecule has 8 heteroatoms. The fourth-order valence-corrected chi connectivity index (χ4v) is 1.91. The Balaban J connectivity index is 2.18. The monoisotopic (exact) mass is 290 g/mol. The van der Waals surface area contributed by atoms with Gasteiger partial charge in [0.2, 0.25) is 0 Å². The fourth-order valence-electron chi connectivity index (χ4n) is 1.68. The van der Waals surface area contributed by atoms with Crippen molar-refractivity contribution in [1.82, 2.24) is 4.98 Å². The van der Waals surface area contributed by atoms with Gasteiger partial charge in [0.25, 0.3) is 0 Å². The molecule has 0 aliphatic carbocycles. The van der Waals surface area contributed by atoms with Crippen LogP contribution in [0.15, 0.2) is 6.07 Å². The minimum atomic E-state index is -1.22. The molecule has 0 unspecified atom stereocenters. The summed E-state index contributed by atoms with van der Waals surface area (Å²) in [7, 11) is 0. The minimum absolute atomic E-state index is 0.192. The molecule has 6 nitrogen and oxygen atoms in total. The molecule has 0 aromatic carbocycles. The molecule has 104 valence electrons. The summed E-state index contributed by atoms with van der Waals surface area (Å²) in [6.07, 6.45) is 0. The molecule has 19 heavy (non-hydrogen) atoms. The average Bonchev–Trinajstić information content (AvgIpc) is 2.38. The van der Waals surface area contributed by atoms with E-state index in [1.165, 1.54) is 6.07 Å². The number of morpholine rings is 1. The number of nitrogens with zero attached hydrogens (tertiary/aromatic N) is 2. The van der Waals surface area contributed by atoms with Gasteiger partial charge >= 0.3 is 5.97 Å². The number of rotatable bonds is 4. The number of halogens is 2. The van der Waals surface area contributed by atoms with E-state index in [2.05, 4.69) is 4.98 Å². The molecule has 2 heterocycles. The largest absolute Gasteiger partial charge is 0.479 e. The van der Waals surface area contributed by atoms with Crippen LogP contribution in [-0.4, -0.2) is 49.0 Å². The van der Waals surface area contributed by atoms with Crippen LogP contribution >= 0.6 is 11.6 Å². The quantitative estimate of drug-likeness (QED) is 0.840. The van der Waals surface area contributed by atoms with Crippen LogP contribution < -0.4 is 9.64 Å². The number of aliphatic carboxylic acids is 1. The Kier molecular flexibility index (Phi) is 4.39. The summed E-state index contributed by atoms with van der Waals surface area (Å²) in [6, 6.07) is 1.17.